The predicted molar refractivity (Wildman–Crippen MR) is 81.3 cm³/mol. The number of rotatable bonds is 4. The Bertz CT molecular complexity index is 348. The van der Waals surface area contributed by atoms with Gasteiger partial charge in [-0.3, -0.25) is 4.84 Å². The van der Waals surface area contributed by atoms with Crippen LogP contribution in [0.1, 0.15) is 47.5 Å². The van der Waals surface area contributed by atoms with E-state index in [0.717, 1.165) is 25.9 Å². The molecule has 0 aromatic heterocycles. The molecule has 1 N–H and O–H groups in total. The Morgan fingerprint density at radius 3 is 2.33 bits per heavy atom. The third-order valence-corrected chi connectivity index (χ3v) is 3.00. The van der Waals surface area contributed by atoms with Gasteiger partial charge in [-0.15, -0.1) is 0 Å². The Hall–Kier alpha value is -1.16. The Kier molecular flexibility index (Phi) is 7.86. The molecule has 0 aliphatic carbocycles. The molecule has 1 aliphatic heterocycles. The Labute approximate surface area is 128 Å². The molecule has 1 atom stereocenters. The van der Waals surface area contributed by atoms with E-state index in [1.807, 2.05) is 20.8 Å². The molecule has 1 heterocycles. The second-order valence-corrected chi connectivity index (χ2v) is 6.83. The SMILES string of the molecule is C#N.CN1CCCC(NOC(C)(C)C(=O)OC(C)(C)C)C1. The molecular weight excluding hydrogens is 270 g/mol. The van der Waals surface area contributed by atoms with Gasteiger partial charge in [-0.1, -0.05) is 0 Å². The summed E-state index contributed by atoms with van der Waals surface area (Å²) in [5.41, 5.74) is 1.54. The second kappa shape index (κ2) is 8.32. The predicted octanol–water partition coefficient (Wildman–Crippen LogP) is 1.86. The number of esters is 1. The van der Waals surface area contributed by atoms with E-state index in [4.69, 9.17) is 14.8 Å². The van der Waals surface area contributed by atoms with Gasteiger partial charge in [0, 0.05) is 19.2 Å². The van der Waals surface area contributed by atoms with Crippen molar-refractivity contribution in [1.29, 1.82) is 5.26 Å². The molecule has 6 nitrogen and oxygen atoms in total. The van der Waals surface area contributed by atoms with E-state index in [9.17, 15) is 4.79 Å². The largest absolute Gasteiger partial charge is 0.458 e. The number of nitrogens with zero attached hydrogens (tertiary/aromatic N) is 2. The van der Waals surface area contributed by atoms with Crippen LogP contribution in [0, 0.1) is 11.8 Å². The number of hydrogen-bond donors (Lipinski definition) is 1. The van der Waals surface area contributed by atoms with Crippen LogP contribution in [0.2, 0.25) is 0 Å². The number of piperidine rings is 1. The van der Waals surface area contributed by atoms with Crippen LogP contribution in [0.3, 0.4) is 0 Å². The van der Waals surface area contributed by atoms with Crippen molar-refractivity contribution in [2.75, 3.05) is 20.1 Å². The maximum absolute atomic E-state index is 12.0. The molecule has 1 fully saturated rings. The van der Waals surface area contributed by atoms with Crippen molar-refractivity contribution in [2.24, 2.45) is 0 Å². The number of carbonyl (C=O) groups excluding carboxylic acids is 1. The summed E-state index contributed by atoms with van der Waals surface area (Å²) in [6.07, 6.45) is 2.21. The number of carbonyl (C=O) groups is 1. The lowest BCUT2D eigenvalue weighted by Crippen LogP contribution is -2.50. The van der Waals surface area contributed by atoms with Gasteiger partial charge < -0.3 is 9.64 Å². The van der Waals surface area contributed by atoms with Gasteiger partial charge in [0.05, 0.1) is 0 Å². The average molecular weight is 299 g/mol. The van der Waals surface area contributed by atoms with Crippen LogP contribution < -0.4 is 5.48 Å². The molecule has 0 bridgehead atoms. The first-order chi connectivity index (χ1) is 9.60. The third-order valence-electron chi connectivity index (χ3n) is 3.00. The van der Waals surface area contributed by atoms with Crippen molar-refractivity contribution in [1.82, 2.24) is 10.4 Å². The number of hydroxylamine groups is 1. The molecular formula is C15H29N3O3. The highest BCUT2D eigenvalue weighted by molar-refractivity contribution is 5.78. The summed E-state index contributed by atoms with van der Waals surface area (Å²) < 4.78 is 5.35. The molecule has 0 amide bonds. The highest BCUT2D eigenvalue weighted by Crippen LogP contribution is 2.17. The highest BCUT2D eigenvalue weighted by atomic mass is 16.7. The first-order valence-corrected chi connectivity index (χ1v) is 7.21. The Balaban J connectivity index is 0.00000191. The molecule has 1 saturated heterocycles. The van der Waals surface area contributed by atoms with Crippen LogP contribution in [0.15, 0.2) is 0 Å². The zero-order valence-corrected chi connectivity index (χ0v) is 14.1. The third kappa shape index (κ3) is 8.00. The molecule has 0 aromatic carbocycles. The van der Waals surface area contributed by atoms with E-state index in [0.29, 0.717) is 0 Å². The van der Waals surface area contributed by atoms with Crippen molar-refractivity contribution in [3.8, 4) is 6.57 Å². The minimum absolute atomic E-state index is 0.264. The number of nitriles is 1. The van der Waals surface area contributed by atoms with Gasteiger partial charge in [-0.2, -0.15) is 5.48 Å². The van der Waals surface area contributed by atoms with Crippen molar-refractivity contribution in [3.05, 3.63) is 0 Å². The van der Waals surface area contributed by atoms with Crippen molar-refractivity contribution in [2.45, 2.75) is 64.7 Å². The van der Waals surface area contributed by atoms with Gasteiger partial charge in [-0.05, 0) is 61.1 Å². The fraction of sp³-hybridized carbons (Fsp3) is 0.867. The molecule has 0 aromatic rings. The normalized spacial score (nSPS) is 20.3. The second-order valence-electron chi connectivity index (χ2n) is 6.83. The molecule has 6 heteroatoms. The van der Waals surface area contributed by atoms with Gasteiger partial charge in [0.1, 0.15) is 5.60 Å². The first kappa shape index (κ1) is 19.8. The summed E-state index contributed by atoms with van der Waals surface area (Å²) in [5, 5.41) is 6.50. The maximum Gasteiger partial charge on any atom is 0.340 e. The van der Waals surface area contributed by atoms with Crippen molar-refractivity contribution in [3.63, 3.8) is 0 Å². The van der Waals surface area contributed by atoms with Gasteiger partial charge >= 0.3 is 5.97 Å². The smallest absolute Gasteiger partial charge is 0.340 e. The van der Waals surface area contributed by atoms with E-state index >= 15 is 0 Å². The minimum Gasteiger partial charge on any atom is -0.458 e. The first-order valence-electron chi connectivity index (χ1n) is 7.21. The summed E-state index contributed by atoms with van der Waals surface area (Å²) in [4.78, 5) is 19.8. The molecule has 1 unspecified atom stereocenters. The lowest BCUT2D eigenvalue weighted by atomic mass is 10.1. The van der Waals surface area contributed by atoms with Crippen molar-refractivity contribution >= 4 is 5.97 Å². The quantitative estimate of drug-likeness (QED) is 0.631. The average Bonchev–Trinajstić information content (AvgIpc) is 2.37. The van der Waals surface area contributed by atoms with Gasteiger partial charge in [-0.25, -0.2) is 10.1 Å². The molecule has 0 radical (unpaired) electrons. The molecule has 0 spiro atoms. The van der Waals surface area contributed by atoms with Crippen LogP contribution in [0.5, 0.6) is 0 Å². The van der Waals surface area contributed by atoms with E-state index in [1.165, 1.54) is 0 Å². The molecule has 0 saturated carbocycles. The summed E-state index contributed by atoms with van der Waals surface area (Å²) in [7, 11) is 2.09. The summed E-state index contributed by atoms with van der Waals surface area (Å²) in [5.74, 6) is -0.350. The van der Waals surface area contributed by atoms with Crippen LogP contribution >= 0.6 is 0 Å². The summed E-state index contributed by atoms with van der Waals surface area (Å²) in [6, 6.07) is 0.264. The topological polar surface area (TPSA) is 74.6 Å². The van der Waals surface area contributed by atoms with E-state index in [-0.39, 0.29) is 12.0 Å². The fourth-order valence-electron chi connectivity index (χ4n) is 1.94. The van der Waals surface area contributed by atoms with Crippen LogP contribution in [0.4, 0.5) is 0 Å². The minimum atomic E-state index is -0.983. The zero-order valence-electron chi connectivity index (χ0n) is 14.1. The highest BCUT2D eigenvalue weighted by Gasteiger charge is 2.35. The molecule has 21 heavy (non-hydrogen) atoms. The monoisotopic (exact) mass is 299 g/mol. The van der Waals surface area contributed by atoms with Gasteiger partial charge in [0.2, 0.25) is 0 Å². The number of likely N-dealkylation sites (N-methyl/N-ethyl adjacent to an activating group) is 1. The lowest BCUT2D eigenvalue weighted by Gasteiger charge is -2.33. The molecule has 122 valence electrons. The number of nitrogens with one attached hydrogen (secondary N) is 1. The maximum atomic E-state index is 12.0. The molecule has 1 aliphatic rings. The Morgan fingerprint density at radius 2 is 1.86 bits per heavy atom. The van der Waals surface area contributed by atoms with E-state index in [2.05, 4.69) is 24.0 Å². The number of hydrogen-bond acceptors (Lipinski definition) is 6. The van der Waals surface area contributed by atoms with E-state index in [1.54, 1.807) is 13.8 Å². The molecule has 1 rings (SSSR count). The standard InChI is InChI=1S/C14H28N2O3.CHN/c1-13(2,3)18-12(17)14(4,5)19-15-11-8-7-9-16(6)10-11;1-2/h11,15H,7-10H2,1-6H3;1H. The summed E-state index contributed by atoms with van der Waals surface area (Å²) in [6.45, 7) is 14.6. The van der Waals surface area contributed by atoms with Gasteiger partial charge in [0.25, 0.3) is 0 Å². The van der Waals surface area contributed by atoms with Crippen molar-refractivity contribution < 1.29 is 14.4 Å². The zero-order chi connectivity index (χ0) is 16.7. The number of ether oxygens (including phenoxy) is 1. The van der Waals surface area contributed by atoms with Crippen LogP contribution in [-0.2, 0) is 14.4 Å². The number of likely N-dealkylation sites (tertiary alicyclic amines) is 1. The Morgan fingerprint density at radius 1 is 1.29 bits per heavy atom. The summed E-state index contributed by atoms with van der Waals surface area (Å²) >= 11 is 0. The van der Waals surface area contributed by atoms with Crippen LogP contribution in [-0.4, -0.2) is 48.3 Å². The van der Waals surface area contributed by atoms with Crippen LogP contribution in [0.25, 0.3) is 0 Å². The van der Waals surface area contributed by atoms with E-state index < -0.39 is 11.2 Å². The lowest BCUT2D eigenvalue weighted by molar-refractivity contribution is -0.191. The van der Waals surface area contributed by atoms with Gasteiger partial charge in [0.15, 0.2) is 5.60 Å². The fourth-order valence-corrected chi connectivity index (χ4v) is 1.94.